The van der Waals surface area contributed by atoms with Gasteiger partial charge in [-0.25, -0.2) is 0 Å². The molecule has 1 amide bonds. The number of nitrogens with one attached hydrogen (secondary N) is 1. The number of pyridine rings is 1. The number of hydrogen-bond acceptors (Lipinski definition) is 3. The van der Waals surface area contributed by atoms with Gasteiger partial charge in [0.15, 0.2) is 0 Å². The van der Waals surface area contributed by atoms with E-state index < -0.39 is 0 Å². The first-order valence-corrected chi connectivity index (χ1v) is 7.16. The Morgan fingerprint density at radius 1 is 1.47 bits per heavy atom. The van der Waals surface area contributed by atoms with E-state index in [1.807, 2.05) is 0 Å². The number of carbonyl (C=O) groups excluding carboxylic acids is 1. The summed E-state index contributed by atoms with van der Waals surface area (Å²) < 4.78 is 0. The van der Waals surface area contributed by atoms with Crippen LogP contribution in [0.5, 0.6) is 0 Å². The minimum Gasteiger partial charge on any atom is -0.349 e. The largest absolute Gasteiger partial charge is 0.349 e. The zero-order valence-electron chi connectivity index (χ0n) is 11.6. The Balaban J connectivity index is 1.95. The van der Waals surface area contributed by atoms with Crippen molar-refractivity contribution >= 4 is 5.91 Å². The molecule has 0 aliphatic heterocycles. The predicted molar refractivity (Wildman–Crippen MR) is 75.6 cm³/mol. The van der Waals surface area contributed by atoms with Gasteiger partial charge in [0, 0.05) is 24.3 Å². The number of amides is 1. The van der Waals surface area contributed by atoms with Crippen LogP contribution in [-0.4, -0.2) is 16.9 Å². The van der Waals surface area contributed by atoms with Crippen LogP contribution in [0.3, 0.4) is 0 Å². The molecule has 4 nitrogen and oxygen atoms in total. The molecule has 1 fully saturated rings. The average Bonchev–Trinajstić information content (AvgIpc) is 2.48. The molecule has 0 bridgehead atoms. The van der Waals surface area contributed by atoms with Crippen LogP contribution in [0.2, 0.25) is 0 Å². The standard InChI is InChI=1S/C15H23N3O/c1-11(12-5-3-2-4-6-12)18-15(19)13-7-8-17-14(9-13)10-16/h7-9,11-12H,2-6,10,16H2,1H3,(H,18,19)/t11-/m1/s1. The van der Waals surface area contributed by atoms with Gasteiger partial charge in [-0.1, -0.05) is 19.3 Å². The van der Waals surface area contributed by atoms with Crippen molar-refractivity contribution in [2.75, 3.05) is 0 Å². The second kappa shape index (κ2) is 6.66. The summed E-state index contributed by atoms with van der Waals surface area (Å²) >= 11 is 0. The van der Waals surface area contributed by atoms with E-state index in [0.29, 0.717) is 18.0 Å². The van der Waals surface area contributed by atoms with Gasteiger partial charge in [-0.15, -0.1) is 0 Å². The van der Waals surface area contributed by atoms with Crippen molar-refractivity contribution in [2.24, 2.45) is 11.7 Å². The summed E-state index contributed by atoms with van der Waals surface area (Å²) in [4.78, 5) is 16.3. The van der Waals surface area contributed by atoms with Gasteiger partial charge in [0.25, 0.3) is 5.91 Å². The molecule has 1 saturated carbocycles. The summed E-state index contributed by atoms with van der Waals surface area (Å²) in [5.41, 5.74) is 6.94. The minimum atomic E-state index is -0.0184. The SMILES string of the molecule is C[C@@H](NC(=O)c1ccnc(CN)c1)C1CCCCC1. The summed E-state index contributed by atoms with van der Waals surface area (Å²) in [6.07, 6.45) is 8.01. The minimum absolute atomic E-state index is 0.0184. The van der Waals surface area contributed by atoms with E-state index >= 15 is 0 Å². The maximum absolute atomic E-state index is 12.2. The van der Waals surface area contributed by atoms with Gasteiger partial charge in [0.2, 0.25) is 0 Å². The average molecular weight is 261 g/mol. The molecule has 2 rings (SSSR count). The summed E-state index contributed by atoms with van der Waals surface area (Å²) in [5, 5.41) is 3.11. The zero-order chi connectivity index (χ0) is 13.7. The molecule has 1 heterocycles. The number of aromatic nitrogens is 1. The lowest BCUT2D eigenvalue weighted by molar-refractivity contribution is 0.0919. The van der Waals surface area contributed by atoms with Crippen LogP contribution in [0.1, 0.15) is 55.1 Å². The maximum atomic E-state index is 12.2. The van der Waals surface area contributed by atoms with Gasteiger partial charge in [0.1, 0.15) is 0 Å². The van der Waals surface area contributed by atoms with E-state index in [2.05, 4.69) is 17.2 Å². The van der Waals surface area contributed by atoms with Crippen molar-refractivity contribution in [1.29, 1.82) is 0 Å². The number of rotatable bonds is 4. The molecule has 1 aliphatic rings. The van der Waals surface area contributed by atoms with Crippen molar-refractivity contribution in [1.82, 2.24) is 10.3 Å². The molecule has 19 heavy (non-hydrogen) atoms. The van der Waals surface area contributed by atoms with Gasteiger partial charge < -0.3 is 11.1 Å². The van der Waals surface area contributed by atoms with E-state index in [1.165, 1.54) is 32.1 Å². The lowest BCUT2D eigenvalue weighted by atomic mass is 9.84. The highest BCUT2D eigenvalue weighted by Crippen LogP contribution is 2.26. The van der Waals surface area contributed by atoms with Crippen molar-refractivity contribution in [2.45, 2.75) is 51.6 Å². The van der Waals surface area contributed by atoms with Crippen LogP contribution in [0.15, 0.2) is 18.3 Å². The molecule has 3 N–H and O–H groups in total. The number of carbonyl (C=O) groups is 1. The van der Waals surface area contributed by atoms with Crippen molar-refractivity contribution < 1.29 is 4.79 Å². The number of nitrogens with two attached hydrogens (primary N) is 1. The highest BCUT2D eigenvalue weighted by atomic mass is 16.1. The van der Waals surface area contributed by atoms with Crippen molar-refractivity contribution in [3.8, 4) is 0 Å². The van der Waals surface area contributed by atoms with Crippen LogP contribution in [0.25, 0.3) is 0 Å². The molecule has 1 aliphatic carbocycles. The maximum Gasteiger partial charge on any atom is 0.251 e. The molecule has 0 saturated heterocycles. The molecule has 1 atom stereocenters. The van der Waals surface area contributed by atoms with Crippen LogP contribution >= 0.6 is 0 Å². The van der Waals surface area contributed by atoms with Crippen LogP contribution in [-0.2, 0) is 6.54 Å². The van der Waals surface area contributed by atoms with Gasteiger partial charge in [-0.3, -0.25) is 9.78 Å². The molecule has 104 valence electrons. The van der Waals surface area contributed by atoms with E-state index in [0.717, 1.165) is 5.69 Å². The van der Waals surface area contributed by atoms with Gasteiger partial charge in [0.05, 0.1) is 5.69 Å². The lowest BCUT2D eigenvalue weighted by Gasteiger charge is -2.28. The highest BCUT2D eigenvalue weighted by Gasteiger charge is 2.21. The topological polar surface area (TPSA) is 68.0 Å². The van der Waals surface area contributed by atoms with Crippen LogP contribution in [0, 0.1) is 5.92 Å². The summed E-state index contributed by atoms with van der Waals surface area (Å²) in [6.45, 7) is 2.47. The number of hydrogen-bond donors (Lipinski definition) is 2. The molecule has 0 spiro atoms. The fraction of sp³-hybridized carbons (Fsp3) is 0.600. The third-order valence-corrected chi connectivity index (χ3v) is 4.00. The Morgan fingerprint density at radius 2 is 2.21 bits per heavy atom. The number of nitrogens with zero attached hydrogens (tertiary/aromatic N) is 1. The first-order chi connectivity index (χ1) is 9.20. The van der Waals surface area contributed by atoms with E-state index in [9.17, 15) is 4.79 Å². The van der Waals surface area contributed by atoms with Crippen molar-refractivity contribution in [3.05, 3.63) is 29.6 Å². The first kappa shape index (κ1) is 14.0. The molecular formula is C15H23N3O. The predicted octanol–water partition coefficient (Wildman–Crippen LogP) is 2.24. The van der Waals surface area contributed by atoms with Gasteiger partial charge in [-0.05, 0) is 37.8 Å². The van der Waals surface area contributed by atoms with Gasteiger partial charge >= 0.3 is 0 Å². The quantitative estimate of drug-likeness (QED) is 0.873. The fourth-order valence-corrected chi connectivity index (χ4v) is 2.77. The molecule has 0 unspecified atom stereocenters. The van der Waals surface area contributed by atoms with E-state index in [1.54, 1.807) is 18.3 Å². The third-order valence-electron chi connectivity index (χ3n) is 4.00. The molecule has 0 radical (unpaired) electrons. The van der Waals surface area contributed by atoms with Crippen LogP contribution in [0.4, 0.5) is 0 Å². The summed E-state index contributed by atoms with van der Waals surface area (Å²) in [6, 6.07) is 3.74. The Kier molecular flexibility index (Phi) is 4.91. The first-order valence-electron chi connectivity index (χ1n) is 7.16. The fourth-order valence-electron chi connectivity index (χ4n) is 2.77. The third kappa shape index (κ3) is 3.77. The molecule has 1 aromatic heterocycles. The highest BCUT2D eigenvalue weighted by molar-refractivity contribution is 5.94. The molecular weight excluding hydrogens is 238 g/mol. The Hall–Kier alpha value is -1.42. The molecule has 4 heteroatoms. The van der Waals surface area contributed by atoms with Gasteiger partial charge in [-0.2, -0.15) is 0 Å². The smallest absolute Gasteiger partial charge is 0.251 e. The van der Waals surface area contributed by atoms with E-state index in [4.69, 9.17) is 5.73 Å². The summed E-state index contributed by atoms with van der Waals surface area (Å²) in [5.74, 6) is 0.601. The van der Waals surface area contributed by atoms with E-state index in [-0.39, 0.29) is 11.9 Å². The van der Waals surface area contributed by atoms with Crippen LogP contribution < -0.4 is 11.1 Å². The Labute approximate surface area is 114 Å². The lowest BCUT2D eigenvalue weighted by Crippen LogP contribution is -2.38. The van der Waals surface area contributed by atoms with Crippen molar-refractivity contribution in [3.63, 3.8) is 0 Å². The molecule has 1 aromatic rings. The Morgan fingerprint density at radius 3 is 2.89 bits per heavy atom. The molecule has 0 aromatic carbocycles. The zero-order valence-corrected chi connectivity index (χ0v) is 11.6. The second-order valence-corrected chi connectivity index (χ2v) is 5.40. The normalized spacial score (nSPS) is 18.0. The Bertz CT molecular complexity index is 427. The summed E-state index contributed by atoms with van der Waals surface area (Å²) in [7, 11) is 0. The monoisotopic (exact) mass is 261 g/mol. The second-order valence-electron chi connectivity index (χ2n) is 5.40.